The van der Waals surface area contributed by atoms with Gasteiger partial charge in [0, 0.05) is 20.2 Å². The topological polar surface area (TPSA) is 62.2 Å². The number of ether oxygens (including phenoxy) is 1. The van der Waals surface area contributed by atoms with E-state index >= 15 is 0 Å². The van der Waals surface area contributed by atoms with Crippen LogP contribution in [0.5, 0.6) is 0 Å². The average Bonchev–Trinajstić information content (AvgIpc) is 2.44. The third-order valence-corrected chi connectivity index (χ3v) is 2.50. The van der Waals surface area contributed by atoms with E-state index < -0.39 is 0 Å². The van der Waals surface area contributed by atoms with Crippen LogP contribution in [0.15, 0.2) is 4.79 Å². The maximum atomic E-state index is 11.9. The van der Waals surface area contributed by atoms with E-state index in [0.29, 0.717) is 24.8 Å². The first-order valence-electron chi connectivity index (χ1n) is 5.59. The molecule has 16 heavy (non-hydrogen) atoms. The number of nitrogen functional groups attached to an aromatic ring is 1. The quantitative estimate of drug-likeness (QED) is 0.818. The van der Waals surface area contributed by atoms with Crippen molar-refractivity contribution in [2.24, 2.45) is 5.92 Å². The standard InChI is InChI=1S/C11H21N3O2/c1-5-13-9(7-16-4)10(12)11(15)14(13)6-8(2)3/h8H,5-7,12H2,1-4H3. The summed E-state index contributed by atoms with van der Waals surface area (Å²) in [7, 11) is 1.60. The molecule has 0 aliphatic heterocycles. The van der Waals surface area contributed by atoms with Crippen LogP contribution < -0.4 is 11.3 Å². The highest BCUT2D eigenvalue weighted by molar-refractivity contribution is 5.41. The Hall–Kier alpha value is -1.23. The number of hydrogen-bond donors (Lipinski definition) is 1. The Morgan fingerprint density at radius 3 is 2.44 bits per heavy atom. The minimum absolute atomic E-state index is 0.109. The van der Waals surface area contributed by atoms with Gasteiger partial charge in [-0.15, -0.1) is 0 Å². The van der Waals surface area contributed by atoms with E-state index in [-0.39, 0.29) is 5.56 Å². The van der Waals surface area contributed by atoms with Crippen LogP contribution in [-0.2, 0) is 24.4 Å². The van der Waals surface area contributed by atoms with Crippen LogP contribution >= 0.6 is 0 Å². The molecule has 0 saturated carbocycles. The van der Waals surface area contributed by atoms with Crippen molar-refractivity contribution < 1.29 is 4.74 Å². The van der Waals surface area contributed by atoms with E-state index in [9.17, 15) is 4.79 Å². The highest BCUT2D eigenvalue weighted by atomic mass is 16.5. The summed E-state index contributed by atoms with van der Waals surface area (Å²) in [4.78, 5) is 11.9. The first-order valence-corrected chi connectivity index (χ1v) is 5.59. The minimum atomic E-state index is -0.109. The van der Waals surface area contributed by atoms with Crippen molar-refractivity contribution in [2.45, 2.75) is 40.5 Å². The summed E-state index contributed by atoms with van der Waals surface area (Å²) in [6, 6.07) is 0. The number of nitrogens with zero attached hydrogens (tertiary/aromatic N) is 2. The summed E-state index contributed by atoms with van der Waals surface area (Å²) in [5, 5.41) is 0. The van der Waals surface area contributed by atoms with Crippen molar-refractivity contribution in [3.63, 3.8) is 0 Å². The number of rotatable bonds is 5. The van der Waals surface area contributed by atoms with Crippen LogP contribution in [0.25, 0.3) is 0 Å². The molecule has 0 bridgehead atoms. The van der Waals surface area contributed by atoms with Crippen molar-refractivity contribution >= 4 is 5.69 Å². The highest BCUT2D eigenvalue weighted by Gasteiger charge is 2.16. The smallest absolute Gasteiger partial charge is 0.290 e. The largest absolute Gasteiger partial charge is 0.393 e. The summed E-state index contributed by atoms with van der Waals surface area (Å²) in [6.07, 6.45) is 0. The van der Waals surface area contributed by atoms with E-state index in [1.165, 1.54) is 0 Å². The number of hydrogen-bond acceptors (Lipinski definition) is 3. The number of nitrogens with two attached hydrogens (primary N) is 1. The molecule has 0 spiro atoms. The SMILES string of the molecule is CCn1c(COC)c(N)c(=O)n1CC(C)C. The second-order valence-electron chi connectivity index (χ2n) is 4.29. The monoisotopic (exact) mass is 227 g/mol. The molecular weight excluding hydrogens is 206 g/mol. The van der Waals surface area contributed by atoms with Gasteiger partial charge in [-0.25, -0.2) is 4.68 Å². The molecule has 0 aliphatic carbocycles. The van der Waals surface area contributed by atoms with Gasteiger partial charge in [-0.1, -0.05) is 13.8 Å². The molecule has 0 aliphatic rings. The summed E-state index contributed by atoms with van der Waals surface area (Å²) >= 11 is 0. The predicted molar refractivity (Wildman–Crippen MR) is 64.3 cm³/mol. The van der Waals surface area contributed by atoms with Crippen molar-refractivity contribution in [1.29, 1.82) is 0 Å². The van der Waals surface area contributed by atoms with E-state index in [1.807, 2.05) is 11.6 Å². The molecule has 92 valence electrons. The Kier molecular flexibility index (Phi) is 4.18. The zero-order chi connectivity index (χ0) is 12.3. The van der Waals surface area contributed by atoms with Crippen LogP contribution in [-0.4, -0.2) is 16.5 Å². The minimum Gasteiger partial charge on any atom is -0.393 e. The van der Waals surface area contributed by atoms with Gasteiger partial charge in [-0.2, -0.15) is 0 Å². The van der Waals surface area contributed by atoms with Crippen LogP contribution in [0.4, 0.5) is 5.69 Å². The van der Waals surface area contributed by atoms with Crippen molar-refractivity contribution in [3.8, 4) is 0 Å². The molecule has 0 amide bonds. The second-order valence-corrected chi connectivity index (χ2v) is 4.29. The van der Waals surface area contributed by atoms with Gasteiger partial charge in [0.25, 0.3) is 5.56 Å². The second kappa shape index (κ2) is 5.21. The number of methoxy groups -OCH3 is 1. The third-order valence-electron chi connectivity index (χ3n) is 2.50. The van der Waals surface area contributed by atoms with Crippen molar-refractivity contribution in [2.75, 3.05) is 12.8 Å². The lowest BCUT2D eigenvalue weighted by atomic mass is 10.2. The maximum absolute atomic E-state index is 11.9. The first-order chi connectivity index (χ1) is 7.52. The molecular formula is C11H21N3O2. The van der Waals surface area contributed by atoms with E-state index in [1.54, 1.807) is 11.8 Å². The molecule has 1 rings (SSSR count). The first kappa shape index (κ1) is 12.8. The third kappa shape index (κ3) is 2.29. The van der Waals surface area contributed by atoms with Gasteiger partial charge in [-0.3, -0.25) is 9.48 Å². The summed E-state index contributed by atoms with van der Waals surface area (Å²) in [5.74, 6) is 0.410. The Morgan fingerprint density at radius 1 is 1.38 bits per heavy atom. The molecule has 1 aromatic heterocycles. The van der Waals surface area contributed by atoms with Crippen LogP contribution in [0.3, 0.4) is 0 Å². The van der Waals surface area contributed by atoms with Gasteiger partial charge in [0.2, 0.25) is 0 Å². The fourth-order valence-electron chi connectivity index (χ4n) is 1.83. The molecule has 5 nitrogen and oxygen atoms in total. The molecule has 2 N–H and O–H groups in total. The lowest BCUT2D eigenvalue weighted by Crippen LogP contribution is -2.26. The van der Waals surface area contributed by atoms with Gasteiger partial charge in [0.1, 0.15) is 5.69 Å². The molecule has 0 aromatic carbocycles. The lowest BCUT2D eigenvalue weighted by molar-refractivity contribution is 0.174. The lowest BCUT2D eigenvalue weighted by Gasteiger charge is -2.14. The highest BCUT2D eigenvalue weighted by Crippen LogP contribution is 2.11. The Morgan fingerprint density at radius 2 is 2.00 bits per heavy atom. The van der Waals surface area contributed by atoms with Crippen LogP contribution in [0.1, 0.15) is 26.5 Å². The Balaban J connectivity index is 3.26. The summed E-state index contributed by atoms with van der Waals surface area (Å²) in [5.41, 5.74) is 6.78. The Bertz CT molecular complexity index is 404. The van der Waals surface area contributed by atoms with Gasteiger partial charge in [0.15, 0.2) is 0 Å². The number of anilines is 1. The normalized spacial score (nSPS) is 11.3. The zero-order valence-electron chi connectivity index (χ0n) is 10.5. The Labute approximate surface area is 95.8 Å². The summed E-state index contributed by atoms with van der Waals surface area (Å²) < 4.78 is 8.68. The molecule has 0 atom stereocenters. The molecule has 0 radical (unpaired) electrons. The van der Waals surface area contributed by atoms with Crippen LogP contribution in [0.2, 0.25) is 0 Å². The van der Waals surface area contributed by atoms with Gasteiger partial charge in [0.05, 0.1) is 12.3 Å². The molecule has 1 heterocycles. The van der Waals surface area contributed by atoms with E-state index in [2.05, 4.69) is 13.8 Å². The molecule has 5 heteroatoms. The molecule has 0 saturated heterocycles. The molecule has 0 unspecified atom stereocenters. The zero-order valence-corrected chi connectivity index (χ0v) is 10.5. The van der Waals surface area contributed by atoms with Crippen LogP contribution in [0, 0.1) is 5.92 Å². The molecule has 1 aromatic rings. The van der Waals surface area contributed by atoms with Crippen molar-refractivity contribution in [1.82, 2.24) is 9.36 Å². The van der Waals surface area contributed by atoms with E-state index in [4.69, 9.17) is 10.5 Å². The fraction of sp³-hybridized carbons (Fsp3) is 0.727. The fourth-order valence-corrected chi connectivity index (χ4v) is 1.83. The molecule has 0 fully saturated rings. The number of aromatic nitrogens is 2. The summed E-state index contributed by atoms with van der Waals surface area (Å²) in [6.45, 7) is 7.92. The average molecular weight is 227 g/mol. The van der Waals surface area contributed by atoms with E-state index in [0.717, 1.165) is 12.2 Å². The predicted octanol–water partition coefficient (Wildman–Crippen LogP) is 1.05. The van der Waals surface area contributed by atoms with Gasteiger partial charge in [-0.05, 0) is 12.8 Å². The van der Waals surface area contributed by atoms with Gasteiger partial charge >= 0.3 is 0 Å². The maximum Gasteiger partial charge on any atom is 0.290 e. The van der Waals surface area contributed by atoms with Crippen molar-refractivity contribution in [3.05, 3.63) is 16.0 Å². The van der Waals surface area contributed by atoms with Gasteiger partial charge < -0.3 is 10.5 Å².